The number of aryl methyl sites for hydroxylation is 2. The Kier molecular flexibility index (Phi) is 5.03. The summed E-state index contributed by atoms with van der Waals surface area (Å²) in [4.78, 5) is 14.2. The summed E-state index contributed by atoms with van der Waals surface area (Å²) in [7, 11) is 1.91. The van der Waals surface area contributed by atoms with Gasteiger partial charge in [-0.15, -0.1) is 10.2 Å². The van der Waals surface area contributed by atoms with Gasteiger partial charge in [-0.3, -0.25) is 20.1 Å². The fraction of sp³-hybridized carbons (Fsp3) is 0.538. The van der Waals surface area contributed by atoms with Crippen LogP contribution in [-0.4, -0.2) is 44.3 Å². The second-order valence-electron chi connectivity index (χ2n) is 4.96. The van der Waals surface area contributed by atoms with Crippen LogP contribution in [0, 0.1) is 6.92 Å². The summed E-state index contributed by atoms with van der Waals surface area (Å²) in [6.45, 7) is 6.50. The van der Waals surface area contributed by atoms with E-state index in [-0.39, 0.29) is 11.9 Å². The van der Waals surface area contributed by atoms with Crippen molar-refractivity contribution in [3.05, 3.63) is 22.5 Å². The molecule has 2 aromatic rings. The molecule has 0 unspecified atom stereocenters. The maximum absolute atomic E-state index is 12.2. The lowest BCUT2D eigenvalue weighted by atomic mass is 10.2. The second kappa shape index (κ2) is 6.77. The van der Waals surface area contributed by atoms with Crippen LogP contribution in [0.2, 0.25) is 0 Å². The van der Waals surface area contributed by atoms with Crippen molar-refractivity contribution in [2.75, 3.05) is 12.4 Å². The van der Waals surface area contributed by atoms with Crippen molar-refractivity contribution >= 4 is 22.4 Å². The van der Waals surface area contributed by atoms with Gasteiger partial charge in [0.15, 0.2) is 0 Å². The zero-order valence-electron chi connectivity index (χ0n) is 12.7. The van der Waals surface area contributed by atoms with E-state index in [1.54, 1.807) is 6.20 Å². The zero-order valence-corrected chi connectivity index (χ0v) is 13.5. The van der Waals surface area contributed by atoms with Crippen molar-refractivity contribution < 1.29 is 4.79 Å². The van der Waals surface area contributed by atoms with Gasteiger partial charge in [-0.1, -0.05) is 18.3 Å². The Balaban J connectivity index is 1.93. The molecule has 1 amide bonds. The van der Waals surface area contributed by atoms with Crippen LogP contribution in [0.3, 0.4) is 0 Å². The molecule has 2 rings (SSSR count). The topological polar surface area (TPSA) is 86.8 Å². The Morgan fingerprint density at radius 2 is 2.29 bits per heavy atom. The minimum atomic E-state index is -0.270. The summed E-state index contributed by atoms with van der Waals surface area (Å²) in [6.07, 6.45) is 2.61. The molecule has 7 nitrogen and oxygen atoms in total. The smallest absolute Gasteiger partial charge is 0.243 e. The number of nitrogens with one attached hydrogen (secondary N) is 2. The summed E-state index contributed by atoms with van der Waals surface area (Å²) < 4.78 is 0. The molecule has 0 saturated carbocycles. The van der Waals surface area contributed by atoms with Gasteiger partial charge < -0.3 is 0 Å². The highest BCUT2D eigenvalue weighted by Crippen LogP contribution is 2.16. The molecule has 2 aromatic heterocycles. The number of hydrogen-bond donors (Lipinski definition) is 2. The lowest BCUT2D eigenvalue weighted by Crippen LogP contribution is -2.39. The van der Waals surface area contributed by atoms with Crippen LogP contribution in [0.25, 0.3) is 0 Å². The van der Waals surface area contributed by atoms with E-state index in [1.165, 1.54) is 11.3 Å². The van der Waals surface area contributed by atoms with Gasteiger partial charge in [0, 0.05) is 17.8 Å². The number of H-pyrrole nitrogens is 1. The van der Waals surface area contributed by atoms with Crippen LogP contribution >= 0.6 is 11.3 Å². The number of nitrogens with zero attached hydrogens (tertiary/aromatic N) is 4. The molecule has 0 aliphatic rings. The minimum absolute atomic E-state index is 0.0857. The largest absolute Gasteiger partial charge is 0.299 e. The second-order valence-corrected chi connectivity index (χ2v) is 6.02. The monoisotopic (exact) mass is 308 g/mol. The van der Waals surface area contributed by atoms with E-state index in [9.17, 15) is 4.79 Å². The number of aromatic amines is 1. The molecule has 0 saturated heterocycles. The number of hydrogen-bond acceptors (Lipinski definition) is 6. The first-order chi connectivity index (χ1) is 10.0. The van der Waals surface area contributed by atoms with Crippen molar-refractivity contribution in [3.8, 4) is 0 Å². The molecular formula is C13H20N6OS. The number of likely N-dealkylation sites (N-methyl/N-ethyl adjacent to an activating group) is 1. The van der Waals surface area contributed by atoms with Crippen molar-refractivity contribution in [1.82, 2.24) is 25.3 Å². The third-order valence-electron chi connectivity index (χ3n) is 3.39. The molecule has 0 bridgehead atoms. The van der Waals surface area contributed by atoms with Crippen molar-refractivity contribution in [1.29, 1.82) is 0 Å². The van der Waals surface area contributed by atoms with Crippen LogP contribution in [0.1, 0.15) is 30.1 Å². The summed E-state index contributed by atoms with van der Waals surface area (Å²) in [5, 5.41) is 19.1. The van der Waals surface area contributed by atoms with Gasteiger partial charge in [-0.2, -0.15) is 5.10 Å². The third kappa shape index (κ3) is 3.85. The molecule has 0 aromatic carbocycles. The van der Waals surface area contributed by atoms with Gasteiger partial charge in [-0.05, 0) is 27.3 Å². The van der Waals surface area contributed by atoms with Crippen molar-refractivity contribution in [2.45, 2.75) is 39.8 Å². The number of amides is 1. The Morgan fingerprint density at radius 1 is 1.52 bits per heavy atom. The predicted octanol–water partition coefficient (Wildman–Crippen LogP) is 1.59. The number of carbonyl (C=O) groups is 1. The quantitative estimate of drug-likeness (QED) is 0.846. The van der Waals surface area contributed by atoms with E-state index in [0.717, 1.165) is 22.7 Å². The average molecular weight is 308 g/mol. The van der Waals surface area contributed by atoms with Crippen LogP contribution in [0.4, 0.5) is 5.13 Å². The van der Waals surface area contributed by atoms with Crippen LogP contribution in [0.15, 0.2) is 6.20 Å². The molecule has 2 N–H and O–H groups in total. The minimum Gasteiger partial charge on any atom is -0.299 e. The molecule has 0 aliphatic carbocycles. The average Bonchev–Trinajstić information content (AvgIpc) is 3.07. The molecule has 1 atom stereocenters. The SMILES string of the molecule is CCc1nnc(NC(=O)[C@@H](C)N(C)Cc2cn[nH]c2C)s1. The molecule has 0 fully saturated rings. The highest BCUT2D eigenvalue weighted by molar-refractivity contribution is 7.15. The summed E-state index contributed by atoms with van der Waals surface area (Å²) in [5.74, 6) is -0.0857. The molecule has 0 spiro atoms. The Hall–Kier alpha value is -1.80. The summed E-state index contributed by atoms with van der Waals surface area (Å²) in [6, 6.07) is -0.270. The van der Waals surface area contributed by atoms with Gasteiger partial charge in [0.25, 0.3) is 0 Å². The fourth-order valence-corrected chi connectivity index (χ4v) is 2.48. The van der Waals surface area contributed by atoms with E-state index >= 15 is 0 Å². The first kappa shape index (κ1) is 15.6. The molecule has 0 radical (unpaired) electrons. The maximum atomic E-state index is 12.2. The highest BCUT2D eigenvalue weighted by Gasteiger charge is 2.20. The van der Waals surface area contributed by atoms with Gasteiger partial charge in [-0.25, -0.2) is 0 Å². The van der Waals surface area contributed by atoms with Gasteiger partial charge in [0.1, 0.15) is 5.01 Å². The molecule has 2 heterocycles. The molecule has 8 heteroatoms. The Labute approximate surface area is 127 Å². The van der Waals surface area contributed by atoms with Crippen molar-refractivity contribution in [3.63, 3.8) is 0 Å². The molecule has 0 aliphatic heterocycles. The normalized spacial score (nSPS) is 12.6. The van der Waals surface area contributed by atoms with E-state index in [1.807, 2.05) is 32.7 Å². The predicted molar refractivity (Wildman–Crippen MR) is 82.2 cm³/mol. The number of anilines is 1. The Bertz CT molecular complexity index is 607. The molecule has 21 heavy (non-hydrogen) atoms. The van der Waals surface area contributed by atoms with Gasteiger partial charge in [0.05, 0.1) is 12.2 Å². The Morgan fingerprint density at radius 3 is 2.86 bits per heavy atom. The van der Waals surface area contributed by atoms with Crippen LogP contribution < -0.4 is 5.32 Å². The van der Waals surface area contributed by atoms with Crippen molar-refractivity contribution in [2.24, 2.45) is 0 Å². The summed E-state index contributed by atoms with van der Waals surface area (Å²) in [5.41, 5.74) is 2.10. The summed E-state index contributed by atoms with van der Waals surface area (Å²) >= 11 is 1.41. The third-order valence-corrected chi connectivity index (χ3v) is 4.38. The van der Waals surface area contributed by atoms with Crippen LogP contribution in [-0.2, 0) is 17.8 Å². The fourth-order valence-electron chi connectivity index (χ4n) is 1.80. The van der Waals surface area contributed by atoms with Gasteiger partial charge >= 0.3 is 0 Å². The molecule has 114 valence electrons. The first-order valence-corrected chi connectivity index (χ1v) is 7.65. The van der Waals surface area contributed by atoms with Gasteiger partial charge in [0.2, 0.25) is 11.0 Å². The number of rotatable bonds is 6. The standard InChI is InChI=1S/C13H20N6OS/c1-5-11-17-18-13(21-11)15-12(20)9(3)19(4)7-10-6-14-16-8(10)2/h6,9H,5,7H2,1-4H3,(H,14,16)(H,15,18,20)/t9-/m1/s1. The van der Waals surface area contributed by atoms with E-state index in [4.69, 9.17) is 0 Å². The zero-order chi connectivity index (χ0) is 15.4. The van der Waals surface area contributed by atoms with E-state index in [2.05, 4.69) is 25.7 Å². The molecular weight excluding hydrogens is 288 g/mol. The van der Waals surface area contributed by atoms with E-state index in [0.29, 0.717) is 11.7 Å². The van der Waals surface area contributed by atoms with E-state index < -0.39 is 0 Å². The lowest BCUT2D eigenvalue weighted by Gasteiger charge is -2.23. The highest BCUT2D eigenvalue weighted by atomic mass is 32.1. The number of aromatic nitrogens is 4. The first-order valence-electron chi connectivity index (χ1n) is 6.83. The number of carbonyl (C=O) groups excluding carboxylic acids is 1. The maximum Gasteiger partial charge on any atom is 0.243 e. The van der Waals surface area contributed by atoms with Crippen LogP contribution in [0.5, 0.6) is 0 Å². The lowest BCUT2D eigenvalue weighted by molar-refractivity contribution is -0.120.